The Morgan fingerprint density at radius 1 is 0.950 bits per heavy atom. The summed E-state index contributed by atoms with van der Waals surface area (Å²) < 4.78 is 22.3. The number of benzene rings is 2. The minimum Gasteiger partial charge on any atom is -0.497 e. The Morgan fingerprint density at radius 3 is 2.40 bits per heavy atom. The van der Waals surface area contributed by atoms with E-state index < -0.39 is 34.6 Å². The number of amides is 1. The van der Waals surface area contributed by atoms with Crippen LogP contribution in [0.15, 0.2) is 46.4 Å². The van der Waals surface area contributed by atoms with Gasteiger partial charge in [0.25, 0.3) is 5.56 Å². The monoisotopic (exact) mass is 564 g/mol. The van der Waals surface area contributed by atoms with E-state index in [4.69, 9.17) is 30.5 Å². The van der Waals surface area contributed by atoms with Gasteiger partial charge in [0.2, 0.25) is 23.1 Å². The van der Waals surface area contributed by atoms with Gasteiger partial charge in [0.1, 0.15) is 27.8 Å². The molecule has 0 radical (unpaired) electrons. The summed E-state index contributed by atoms with van der Waals surface area (Å²) in [5.74, 6) is -2.19. The molecule has 1 spiro atoms. The number of Topliss-reactive ketones (excluding diaryl/α,β-unsaturated/α-hetero) is 2. The predicted octanol–water partition coefficient (Wildman–Crippen LogP) is 3.69. The lowest BCUT2D eigenvalue weighted by atomic mass is 9.66. The van der Waals surface area contributed by atoms with Gasteiger partial charge in [0.05, 0.1) is 21.3 Å². The van der Waals surface area contributed by atoms with Crippen LogP contribution in [0, 0.1) is 5.92 Å². The Morgan fingerprint density at radius 2 is 1.70 bits per heavy atom. The average molecular weight is 565 g/mol. The maximum Gasteiger partial charge on any atom is 0.252 e. The number of nitrogens with one attached hydrogen (secondary N) is 2. The number of allylic oxidation sites excluding steroid dienone is 1. The number of methoxy groups -OCH3 is 3. The van der Waals surface area contributed by atoms with E-state index in [1.54, 1.807) is 31.2 Å². The third kappa shape index (κ3) is 3.48. The molecule has 1 aromatic heterocycles. The molecule has 3 atom stereocenters. The number of H-pyrrole nitrogens is 1. The molecule has 206 valence electrons. The summed E-state index contributed by atoms with van der Waals surface area (Å²) >= 11 is 6.53. The lowest BCUT2D eigenvalue weighted by molar-refractivity contribution is -0.131. The second-order valence-electron chi connectivity index (χ2n) is 10.1. The second-order valence-corrected chi connectivity index (χ2v) is 10.5. The molecule has 2 aromatic carbocycles. The molecule has 0 saturated heterocycles. The van der Waals surface area contributed by atoms with Crippen LogP contribution in [-0.4, -0.2) is 49.4 Å². The lowest BCUT2D eigenvalue weighted by Gasteiger charge is -2.41. The molecular formula is C29H25ClN2O8. The Balaban J connectivity index is 1.52. The number of hydrogen-bond donors (Lipinski definition) is 2. The first kappa shape index (κ1) is 25.9. The molecule has 11 heteroatoms. The average Bonchev–Trinajstić information content (AvgIpc) is 3.25. The minimum atomic E-state index is -1.96. The largest absolute Gasteiger partial charge is 0.497 e. The number of hydrogen-bond acceptors (Lipinski definition) is 8. The van der Waals surface area contributed by atoms with Crippen LogP contribution in [0.1, 0.15) is 41.6 Å². The van der Waals surface area contributed by atoms with Gasteiger partial charge < -0.3 is 29.2 Å². The van der Waals surface area contributed by atoms with Crippen molar-refractivity contribution in [3.63, 3.8) is 0 Å². The maximum absolute atomic E-state index is 14.5. The fourth-order valence-electron chi connectivity index (χ4n) is 6.04. The molecule has 40 heavy (non-hydrogen) atoms. The van der Waals surface area contributed by atoms with E-state index in [1.807, 2.05) is 0 Å². The number of fused-ring (bicyclic) bond motifs is 2. The number of aromatic amines is 1. The summed E-state index contributed by atoms with van der Waals surface area (Å²) in [6.07, 6.45) is -0.00789. The van der Waals surface area contributed by atoms with E-state index >= 15 is 0 Å². The molecule has 1 aliphatic carbocycles. The van der Waals surface area contributed by atoms with Crippen molar-refractivity contribution in [2.75, 3.05) is 21.3 Å². The van der Waals surface area contributed by atoms with Crippen LogP contribution in [0.4, 0.5) is 0 Å². The van der Waals surface area contributed by atoms with Gasteiger partial charge in [-0.05, 0) is 30.7 Å². The van der Waals surface area contributed by atoms with E-state index in [0.717, 1.165) is 0 Å². The molecule has 0 saturated carbocycles. The summed E-state index contributed by atoms with van der Waals surface area (Å²) in [5, 5.41) is 3.50. The van der Waals surface area contributed by atoms with Crippen molar-refractivity contribution in [1.82, 2.24) is 10.3 Å². The van der Waals surface area contributed by atoms with Gasteiger partial charge in [-0.2, -0.15) is 0 Å². The van der Waals surface area contributed by atoms with Gasteiger partial charge in [-0.1, -0.05) is 18.5 Å². The molecular weight excluding hydrogens is 540 g/mol. The lowest BCUT2D eigenvalue weighted by Crippen LogP contribution is -2.59. The summed E-state index contributed by atoms with van der Waals surface area (Å²) in [6, 6.07) is 8.31. The van der Waals surface area contributed by atoms with Crippen molar-refractivity contribution >= 4 is 40.0 Å². The van der Waals surface area contributed by atoms with E-state index in [9.17, 15) is 19.2 Å². The van der Waals surface area contributed by atoms with Crippen LogP contribution in [0.5, 0.6) is 23.0 Å². The quantitative estimate of drug-likeness (QED) is 0.458. The normalized spacial score (nSPS) is 23.6. The highest BCUT2D eigenvalue weighted by atomic mass is 35.5. The smallest absolute Gasteiger partial charge is 0.252 e. The fourth-order valence-corrected chi connectivity index (χ4v) is 6.31. The molecule has 3 aromatic rings. The molecule has 0 bridgehead atoms. The Kier molecular flexibility index (Phi) is 5.92. The number of halogens is 1. The fraction of sp³-hybridized carbons (Fsp3) is 0.310. The van der Waals surface area contributed by atoms with Gasteiger partial charge >= 0.3 is 0 Å². The zero-order chi connectivity index (χ0) is 28.5. The Bertz CT molecular complexity index is 1740. The van der Waals surface area contributed by atoms with Crippen molar-refractivity contribution in [3.05, 3.63) is 68.1 Å². The maximum atomic E-state index is 14.5. The van der Waals surface area contributed by atoms with E-state index in [1.165, 1.54) is 27.4 Å². The zero-order valence-electron chi connectivity index (χ0n) is 22.1. The van der Waals surface area contributed by atoms with E-state index in [0.29, 0.717) is 22.3 Å². The molecule has 2 aliphatic heterocycles. The van der Waals surface area contributed by atoms with Crippen molar-refractivity contribution in [3.8, 4) is 23.0 Å². The molecule has 3 heterocycles. The standard InChI is InChI=1S/C29H25ClN2O8/c1-12-7-18-22(26(34)29(12)27(35)23-19(38-3)11-20(39-4)24(30)25(23)40-29)15(10-21(33)31-18)16-9-13-8-14(37-2)5-6-17(13)32-28(16)36/h5-6,8-9,11-12,15H,7,10H2,1-4H3,(H,31,33)(H,32,36)/t12-,15+,29+/m1/s1. The molecule has 3 aliphatic rings. The van der Waals surface area contributed by atoms with Crippen molar-refractivity contribution < 1.29 is 33.3 Å². The van der Waals surface area contributed by atoms with E-state index in [-0.39, 0.29) is 57.7 Å². The van der Waals surface area contributed by atoms with Gasteiger partial charge in [-0.25, -0.2) is 0 Å². The summed E-state index contributed by atoms with van der Waals surface area (Å²) in [7, 11) is 4.34. The molecule has 2 N–H and O–H groups in total. The summed E-state index contributed by atoms with van der Waals surface area (Å²) in [6.45, 7) is 1.70. The van der Waals surface area contributed by atoms with Crippen LogP contribution in [0.3, 0.4) is 0 Å². The minimum absolute atomic E-state index is 0.000779. The van der Waals surface area contributed by atoms with Gasteiger partial charge in [0.15, 0.2) is 5.75 Å². The zero-order valence-corrected chi connectivity index (χ0v) is 22.9. The SMILES string of the molecule is COc1ccc2[nH]c(=O)c([C@@H]3CC(=O)NC4=C3C(=O)[C@@]3(Oc5c(Cl)c(OC)cc(OC)c5C3=O)[C@H](C)C4)cc2c1. The molecule has 0 fully saturated rings. The van der Waals surface area contributed by atoms with Crippen LogP contribution < -0.4 is 29.8 Å². The number of ether oxygens (including phenoxy) is 4. The number of carbonyl (C=O) groups excluding carboxylic acids is 3. The molecule has 0 unspecified atom stereocenters. The number of rotatable bonds is 4. The highest BCUT2D eigenvalue weighted by molar-refractivity contribution is 6.36. The first-order chi connectivity index (χ1) is 19.1. The topological polar surface area (TPSA) is 133 Å². The molecule has 6 rings (SSSR count). The van der Waals surface area contributed by atoms with E-state index in [2.05, 4.69) is 10.3 Å². The van der Waals surface area contributed by atoms with Crippen molar-refractivity contribution in [2.24, 2.45) is 5.92 Å². The number of pyridine rings is 1. The van der Waals surface area contributed by atoms with Crippen LogP contribution in [0.2, 0.25) is 5.02 Å². The molecule has 10 nitrogen and oxygen atoms in total. The number of aromatic nitrogens is 1. The molecule has 1 amide bonds. The first-order valence-electron chi connectivity index (χ1n) is 12.6. The van der Waals surface area contributed by atoms with Crippen molar-refractivity contribution in [2.45, 2.75) is 31.3 Å². The summed E-state index contributed by atoms with van der Waals surface area (Å²) in [4.78, 5) is 57.5. The third-order valence-corrected chi connectivity index (χ3v) is 8.37. The van der Waals surface area contributed by atoms with Crippen LogP contribution in [0.25, 0.3) is 10.9 Å². The van der Waals surface area contributed by atoms with Gasteiger partial charge in [0, 0.05) is 52.1 Å². The Hall–Kier alpha value is -4.31. The second kappa shape index (κ2) is 9.12. The van der Waals surface area contributed by atoms with Crippen molar-refractivity contribution in [1.29, 1.82) is 0 Å². The summed E-state index contributed by atoms with van der Waals surface area (Å²) in [5.41, 5.74) is -1.03. The van der Waals surface area contributed by atoms with Crippen LogP contribution in [-0.2, 0) is 9.59 Å². The predicted molar refractivity (Wildman–Crippen MR) is 145 cm³/mol. The van der Waals surface area contributed by atoms with Crippen LogP contribution >= 0.6 is 11.6 Å². The van der Waals surface area contributed by atoms with Gasteiger partial charge in [-0.3, -0.25) is 19.2 Å². The number of carbonyl (C=O) groups is 3. The third-order valence-electron chi connectivity index (χ3n) is 8.01. The van der Waals surface area contributed by atoms with Gasteiger partial charge in [-0.15, -0.1) is 0 Å². The highest BCUT2D eigenvalue weighted by Crippen LogP contribution is 2.55. The Labute approximate surface area is 233 Å². The number of ketones is 2. The first-order valence-corrected chi connectivity index (χ1v) is 13.0. The highest BCUT2D eigenvalue weighted by Gasteiger charge is 2.63.